The Bertz CT molecular complexity index is 471. The predicted octanol–water partition coefficient (Wildman–Crippen LogP) is 3.69. The van der Waals surface area contributed by atoms with Crippen molar-refractivity contribution in [2.24, 2.45) is 5.92 Å². The molecule has 0 bridgehead atoms. The van der Waals surface area contributed by atoms with Gasteiger partial charge in [0.2, 0.25) is 0 Å². The van der Waals surface area contributed by atoms with Gasteiger partial charge in [-0.25, -0.2) is 8.42 Å². The molecule has 0 spiro atoms. The third-order valence-electron chi connectivity index (χ3n) is 3.54. The molecule has 17 heavy (non-hydrogen) atoms. The third kappa shape index (κ3) is 2.83. The van der Waals surface area contributed by atoms with Crippen LogP contribution in [-0.4, -0.2) is 13.7 Å². The monoisotopic (exact) mass is 272 g/mol. The van der Waals surface area contributed by atoms with Crippen molar-refractivity contribution in [1.82, 2.24) is 0 Å². The van der Waals surface area contributed by atoms with Crippen LogP contribution in [0.1, 0.15) is 32.6 Å². The highest BCUT2D eigenvalue weighted by Crippen LogP contribution is 2.31. The summed E-state index contributed by atoms with van der Waals surface area (Å²) in [6, 6.07) is 6.49. The van der Waals surface area contributed by atoms with Crippen molar-refractivity contribution in [3.05, 3.63) is 29.3 Å². The molecule has 0 amide bonds. The summed E-state index contributed by atoms with van der Waals surface area (Å²) in [7, 11) is -3.16. The Balaban J connectivity index is 2.21. The van der Waals surface area contributed by atoms with Gasteiger partial charge in [-0.2, -0.15) is 0 Å². The average molecular weight is 273 g/mol. The summed E-state index contributed by atoms with van der Waals surface area (Å²) in [5, 5.41) is 0.362. The zero-order chi connectivity index (χ0) is 12.5. The fourth-order valence-corrected chi connectivity index (χ4v) is 4.28. The number of hydrogen-bond donors (Lipinski definition) is 0. The van der Waals surface area contributed by atoms with Crippen LogP contribution in [-0.2, 0) is 9.84 Å². The van der Waals surface area contributed by atoms with Gasteiger partial charge in [-0.15, -0.1) is 0 Å². The van der Waals surface area contributed by atoms with Crippen LogP contribution in [0.4, 0.5) is 0 Å². The largest absolute Gasteiger partial charge is 0.223 e. The normalized spacial score (nSPS) is 25.8. The Labute approximate surface area is 108 Å². The minimum atomic E-state index is -3.16. The lowest BCUT2D eigenvalue weighted by Crippen LogP contribution is -2.26. The Kier molecular flexibility index (Phi) is 3.79. The summed E-state index contributed by atoms with van der Waals surface area (Å²) in [5.41, 5.74) is 0. The van der Waals surface area contributed by atoms with Crippen molar-refractivity contribution in [2.45, 2.75) is 42.8 Å². The maximum absolute atomic E-state index is 12.4. The van der Waals surface area contributed by atoms with E-state index >= 15 is 0 Å². The lowest BCUT2D eigenvalue weighted by molar-refractivity contribution is 0.382. The molecule has 0 aliphatic heterocycles. The molecule has 1 aliphatic rings. The number of sulfone groups is 1. The molecule has 1 fully saturated rings. The molecule has 0 heterocycles. The van der Waals surface area contributed by atoms with Crippen LogP contribution in [0.15, 0.2) is 29.2 Å². The molecule has 1 aromatic rings. The Morgan fingerprint density at radius 2 is 1.59 bits per heavy atom. The fourth-order valence-electron chi connectivity index (χ4n) is 2.36. The van der Waals surface area contributed by atoms with E-state index in [9.17, 15) is 8.42 Å². The van der Waals surface area contributed by atoms with E-state index in [2.05, 4.69) is 6.92 Å². The van der Waals surface area contributed by atoms with Gasteiger partial charge in [0.05, 0.1) is 10.1 Å². The SMILES string of the molecule is CC1CCC(S(=O)(=O)c2ccc(Cl)cc2)CC1. The van der Waals surface area contributed by atoms with Gasteiger partial charge in [-0.05, 0) is 55.9 Å². The van der Waals surface area contributed by atoms with E-state index in [1.165, 1.54) is 0 Å². The van der Waals surface area contributed by atoms with Crippen LogP contribution in [0, 0.1) is 5.92 Å². The number of halogens is 1. The molecule has 0 radical (unpaired) electrons. The molecule has 0 atom stereocenters. The van der Waals surface area contributed by atoms with Gasteiger partial charge >= 0.3 is 0 Å². The third-order valence-corrected chi connectivity index (χ3v) is 6.07. The van der Waals surface area contributed by atoms with Gasteiger partial charge < -0.3 is 0 Å². The van der Waals surface area contributed by atoms with Crippen LogP contribution in [0.2, 0.25) is 5.02 Å². The van der Waals surface area contributed by atoms with Crippen LogP contribution in [0.3, 0.4) is 0 Å². The quantitative estimate of drug-likeness (QED) is 0.823. The Morgan fingerprint density at radius 1 is 1.06 bits per heavy atom. The summed E-state index contributed by atoms with van der Waals surface area (Å²) in [6.07, 6.45) is 3.59. The van der Waals surface area contributed by atoms with Gasteiger partial charge in [0.25, 0.3) is 0 Å². The standard InChI is InChI=1S/C13H17ClO2S/c1-10-2-6-12(7-3-10)17(15,16)13-8-4-11(14)5-9-13/h4-5,8-10,12H,2-3,6-7H2,1H3. The van der Waals surface area contributed by atoms with E-state index < -0.39 is 9.84 Å². The molecule has 0 N–H and O–H groups in total. The maximum atomic E-state index is 12.4. The van der Waals surface area contributed by atoms with Gasteiger partial charge in [0, 0.05) is 5.02 Å². The van der Waals surface area contributed by atoms with Gasteiger partial charge in [0.15, 0.2) is 9.84 Å². The molecule has 0 unspecified atom stereocenters. The van der Waals surface area contributed by atoms with Crippen LogP contribution in [0.25, 0.3) is 0 Å². The molecule has 1 aliphatic carbocycles. The van der Waals surface area contributed by atoms with Crippen LogP contribution < -0.4 is 0 Å². The molecule has 2 rings (SSSR count). The van der Waals surface area contributed by atoms with E-state index in [1.807, 2.05) is 0 Å². The molecule has 94 valence electrons. The molecule has 1 aromatic carbocycles. The second-order valence-electron chi connectivity index (χ2n) is 4.88. The van der Waals surface area contributed by atoms with Crippen LogP contribution >= 0.6 is 11.6 Å². The first-order valence-corrected chi connectivity index (χ1v) is 7.92. The van der Waals surface area contributed by atoms with E-state index in [-0.39, 0.29) is 5.25 Å². The number of benzene rings is 1. The molecule has 0 saturated heterocycles. The molecular weight excluding hydrogens is 256 g/mol. The van der Waals surface area contributed by atoms with Crippen molar-refractivity contribution in [1.29, 1.82) is 0 Å². The second-order valence-corrected chi connectivity index (χ2v) is 7.55. The van der Waals surface area contributed by atoms with Crippen molar-refractivity contribution in [2.75, 3.05) is 0 Å². The first-order chi connectivity index (χ1) is 8.00. The van der Waals surface area contributed by atoms with E-state index in [0.717, 1.165) is 25.7 Å². The Hall–Kier alpha value is -0.540. The van der Waals surface area contributed by atoms with Crippen molar-refractivity contribution < 1.29 is 8.42 Å². The summed E-state index contributed by atoms with van der Waals surface area (Å²) in [6.45, 7) is 2.19. The maximum Gasteiger partial charge on any atom is 0.181 e. The van der Waals surface area contributed by atoms with E-state index in [4.69, 9.17) is 11.6 Å². The minimum Gasteiger partial charge on any atom is -0.223 e. The summed E-state index contributed by atoms with van der Waals surface area (Å²) >= 11 is 5.77. The van der Waals surface area contributed by atoms with Crippen molar-refractivity contribution >= 4 is 21.4 Å². The summed E-state index contributed by atoms with van der Waals surface area (Å²) in [5.74, 6) is 0.659. The first-order valence-electron chi connectivity index (χ1n) is 5.99. The topological polar surface area (TPSA) is 34.1 Å². The molecule has 1 saturated carbocycles. The van der Waals surface area contributed by atoms with Crippen LogP contribution in [0.5, 0.6) is 0 Å². The minimum absolute atomic E-state index is 0.208. The first kappa shape index (κ1) is 12.9. The molecule has 4 heteroatoms. The summed E-state index contributed by atoms with van der Waals surface area (Å²) < 4.78 is 24.7. The highest BCUT2D eigenvalue weighted by atomic mass is 35.5. The second kappa shape index (κ2) is 4.99. The van der Waals surface area contributed by atoms with Crippen molar-refractivity contribution in [3.63, 3.8) is 0 Å². The van der Waals surface area contributed by atoms with E-state index in [1.54, 1.807) is 24.3 Å². The average Bonchev–Trinajstić information content (AvgIpc) is 2.30. The highest BCUT2D eigenvalue weighted by Gasteiger charge is 2.30. The molecular formula is C13H17ClO2S. The van der Waals surface area contributed by atoms with E-state index in [0.29, 0.717) is 15.8 Å². The molecule has 0 aromatic heterocycles. The lowest BCUT2D eigenvalue weighted by atomic mass is 9.91. The fraction of sp³-hybridized carbons (Fsp3) is 0.538. The lowest BCUT2D eigenvalue weighted by Gasteiger charge is -2.25. The molecule has 2 nitrogen and oxygen atoms in total. The van der Waals surface area contributed by atoms with Crippen molar-refractivity contribution in [3.8, 4) is 0 Å². The Morgan fingerprint density at radius 3 is 2.12 bits per heavy atom. The van der Waals surface area contributed by atoms with Gasteiger partial charge in [-0.1, -0.05) is 18.5 Å². The zero-order valence-electron chi connectivity index (χ0n) is 9.90. The number of rotatable bonds is 2. The zero-order valence-corrected chi connectivity index (χ0v) is 11.5. The summed E-state index contributed by atoms with van der Waals surface area (Å²) in [4.78, 5) is 0.404. The number of hydrogen-bond acceptors (Lipinski definition) is 2. The van der Waals surface area contributed by atoms with Gasteiger partial charge in [0.1, 0.15) is 0 Å². The smallest absolute Gasteiger partial charge is 0.181 e. The van der Waals surface area contributed by atoms with Gasteiger partial charge in [-0.3, -0.25) is 0 Å². The highest BCUT2D eigenvalue weighted by molar-refractivity contribution is 7.92. The predicted molar refractivity (Wildman–Crippen MR) is 70.1 cm³/mol.